The van der Waals surface area contributed by atoms with E-state index in [4.69, 9.17) is 4.74 Å². The molecule has 0 radical (unpaired) electrons. The van der Waals surface area contributed by atoms with Gasteiger partial charge in [0, 0.05) is 19.2 Å². The Hall–Kier alpha value is -3.20. The lowest BCUT2D eigenvalue weighted by atomic mass is 10.2. The SMILES string of the molecule is CCOC(=O)c1ccc(N=C2S[C@@H](C(=O)Nc3ccc(F)cc3)CC(=O)N2C)cc1. The normalized spacial score (nSPS) is 17.7. The van der Waals surface area contributed by atoms with Crippen LogP contribution in [0.15, 0.2) is 53.5 Å². The predicted molar refractivity (Wildman–Crippen MR) is 113 cm³/mol. The first-order chi connectivity index (χ1) is 14.4. The Balaban J connectivity index is 1.73. The quantitative estimate of drug-likeness (QED) is 0.734. The molecule has 1 heterocycles. The minimum atomic E-state index is -0.670. The minimum absolute atomic E-state index is 0.0228. The molecule has 0 saturated carbocycles. The number of rotatable bonds is 5. The molecule has 156 valence electrons. The molecule has 0 bridgehead atoms. The highest BCUT2D eigenvalue weighted by Gasteiger charge is 2.34. The lowest BCUT2D eigenvalue weighted by Crippen LogP contribution is -2.43. The van der Waals surface area contributed by atoms with E-state index in [-0.39, 0.29) is 24.8 Å². The zero-order chi connectivity index (χ0) is 21.7. The smallest absolute Gasteiger partial charge is 0.338 e. The molecular weight excluding hydrogens is 409 g/mol. The number of nitrogens with zero attached hydrogens (tertiary/aromatic N) is 2. The Morgan fingerprint density at radius 2 is 1.87 bits per heavy atom. The summed E-state index contributed by atoms with van der Waals surface area (Å²) in [5.74, 6) is -1.43. The van der Waals surface area contributed by atoms with Gasteiger partial charge in [-0.05, 0) is 55.5 Å². The zero-order valence-electron chi connectivity index (χ0n) is 16.4. The molecule has 0 unspecified atom stereocenters. The third-order valence-electron chi connectivity index (χ3n) is 4.28. The number of anilines is 1. The summed E-state index contributed by atoms with van der Waals surface area (Å²) in [6.45, 7) is 2.02. The van der Waals surface area contributed by atoms with Gasteiger partial charge in [0.05, 0.1) is 17.9 Å². The molecule has 1 atom stereocenters. The molecule has 9 heteroatoms. The van der Waals surface area contributed by atoms with Gasteiger partial charge in [0.1, 0.15) is 11.1 Å². The molecule has 1 aliphatic rings. The van der Waals surface area contributed by atoms with Crippen LogP contribution in [-0.2, 0) is 14.3 Å². The van der Waals surface area contributed by atoms with E-state index >= 15 is 0 Å². The van der Waals surface area contributed by atoms with Crippen molar-refractivity contribution < 1.29 is 23.5 Å². The molecule has 1 saturated heterocycles. The molecule has 30 heavy (non-hydrogen) atoms. The van der Waals surface area contributed by atoms with Crippen molar-refractivity contribution in [2.24, 2.45) is 4.99 Å². The Kier molecular flexibility index (Phi) is 6.83. The number of hydrogen-bond donors (Lipinski definition) is 1. The average Bonchev–Trinajstić information content (AvgIpc) is 2.73. The second-order valence-electron chi connectivity index (χ2n) is 6.42. The Morgan fingerprint density at radius 3 is 2.50 bits per heavy atom. The average molecular weight is 429 g/mol. The summed E-state index contributed by atoms with van der Waals surface area (Å²) in [4.78, 5) is 42.5. The maximum atomic E-state index is 13.0. The molecule has 0 aliphatic carbocycles. The summed E-state index contributed by atoms with van der Waals surface area (Å²) in [7, 11) is 1.59. The van der Waals surface area contributed by atoms with Crippen LogP contribution >= 0.6 is 11.8 Å². The number of esters is 1. The van der Waals surface area contributed by atoms with Crippen LogP contribution in [0.4, 0.5) is 15.8 Å². The van der Waals surface area contributed by atoms with Crippen molar-refractivity contribution in [2.45, 2.75) is 18.6 Å². The number of carbonyl (C=O) groups is 3. The lowest BCUT2D eigenvalue weighted by Gasteiger charge is -2.28. The molecule has 0 aromatic heterocycles. The van der Waals surface area contributed by atoms with Crippen LogP contribution in [0.3, 0.4) is 0 Å². The number of benzene rings is 2. The van der Waals surface area contributed by atoms with Crippen molar-refractivity contribution in [1.29, 1.82) is 0 Å². The molecule has 7 nitrogen and oxygen atoms in total. The van der Waals surface area contributed by atoms with Crippen LogP contribution in [0.5, 0.6) is 0 Å². The number of aliphatic imine (C=N–C) groups is 1. The van der Waals surface area contributed by atoms with E-state index in [1.165, 1.54) is 29.2 Å². The monoisotopic (exact) mass is 429 g/mol. The van der Waals surface area contributed by atoms with Crippen molar-refractivity contribution in [3.63, 3.8) is 0 Å². The number of amidine groups is 1. The standard InChI is InChI=1S/C21H20FN3O4S/c1-3-29-20(28)13-4-8-16(9-5-13)24-21-25(2)18(26)12-17(30-21)19(27)23-15-10-6-14(22)7-11-15/h4-11,17H,3,12H2,1-2H3,(H,23,27)/t17-/m1/s1. The first kappa shape index (κ1) is 21.5. The Bertz CT molecular complexity index is 977. The molecular formula is C21H20FN3O4S. The first-order valence-corrected chi connectivity index (χ1v) is 10.1. The number of halogens is 1. The van der Waals surface area contributed by atoms with E-state index < -0.39 is 17.0 Å². The van der Waals surface area contributed by atoms with Gasteiger partial charge in [0.25, 0.3) is 0 Å². The fourth-order valence-electron chi connectivity index (χ4n) is 2.65. The Morgan fingerprint density at radius 1 is 1.20 bits per heavy atom. The van der Waals surface area contributed by atoms with Gasteiger partial charge >= 0.3 is 5.97 Å². The molecule has 1 N–H and O–H groups in total. The number of nitrogens with one attached hydrogen (secondary N) is 1. The Labute approximate surface area is 177 Å². The number of carbonyl (C=O) groups excluding carboxylic acids is 3. The molecule has 2 aromatic rings. The summed E-state index contributed by atoms with van der Waals surface area (Å²) < 4.78 is 18.0. The third-order valence-corrected chi connectivity index (χ3v) is 5.52. The summed E-state index contributed by atoms with van der Waals surface area (Å²) in [6, 6.07) is 11.9. The number of ether oxygens (including phenoxy) is 1. The highest BCUT2D eigenvalue weighted by atomic mass is 32.2. The number of hydrogen-bond acceptors (Lipinski definition) is 6. The maximum absolute atomic E-state index is 13.0. The molecule has 3 rings (SSSR count). The predicted octanol–water partition coefficient (Wildman–Crippen LogP) is 3.59. The van der Waals surface area contributed by atoms with Gasteiger partial charge < -0.3 is 10.1 Å². The van der Waals surface area contributed by atoms with E-state index in [0.29, 0.717) is 22.1 Å². The van der Waals surface area contributed by atoms with Crippen molar-refractivity contribution in [3.8, 4) is 0 Å². The van der Waals surface area contributed by atoms with Gasteiger partial charge in [-0.15, -0.1) is 0 Å². The van der Waals surface area contributed by atoms with E-state index in [9.17, 15) is 18.8 Å². The highest BCUT2D eigenvalue weighted by molar-refractivity contribution is 8.15. The first-order valence-electron chi connectivity index (χ1n) is 9.23. The van der Waals surface area contributed by atoms with Crippen molar-refractivity contribution in [1.82, 2.24) is 4.90 Å². The van der Waals surface area contributed by atoms with Gasteiger partial charge in [-0.1, -0.05) is 11.8 Å². The van der Waals surface area contributed by atoms with Crippen LogP contribution in [0.2, 0.25) is 0 Å². The van der Waals surface area contributed by atoms with Crippen LogP contribution in [0.25, 0.3) is 0 Å². The van der Waals surface area contributed by atoms with E-state index in [1.54, 1.807) is 38.2 Å². The van der Waals surface area contributed by atoms with Gasteiger partial charge in [-0.2, -0.15) is 0 Å². The summed E-state index contributed by atoms with van der Waals surface area (Å²) in [5.41, 5.74) is 1.38. The van der Waals surface area contributed by atoms with E-state index in [2.05, 4.69) is 10.3 Å². The van der Waals surface area contributed by atoms with Gasteiger partial charge in [0.15, 0.2) is 5.17 Å². The largest absolute Gasteiger partial charge is 0.462 e. The molecule has 1 fully saturated rings. The lowest BCUT2D eigenvalue weighted by molar-refractivity contribution is -0.128. The zero-order valence-corrected chi connectivity index (χ0v) is 17.2. The summed E-state index contributed by atoms with van der Waals surface area (Å²) >= 11 is 1.16. The second kappa shape index (κ2) is 9.53. The second-order valence-corrected chi connectivity index (χ2v) is 7.59. The summed E-state index contributed by atoms with van der Waals surface area (Å²) in [5, 5.41) is 2.39. The van der Waals surface area contributed by atoms with Crippen LogP contribution < -0.4 is 5.32 Å². The van der Waals surface area contributed by atoms with Gasteiger partial charge in [-0.3, -0.25) is 14.5 Å². The minimum Gasteiger partial charge on any atom is -0.462 e. The van der Waals surface area contributed by atoms with Crippen LogP contribution in [0, 0.1) is 5.82 Å². The molecule has 1 aliphatic heterocycles. The fourth-order valence-corrected chi connectivity index (χ4v) is 3.72. The molecule has 2 amide bonds. The van der Waals surface area contributed by atoms with E-state index in [1.807, 2.05) is 0 Å². The maximum Gasteiger partial charge on any atom is 0.338 e. The third kappa shape index (κ3) is 5.24. The number of thioether (sulfide) groups is 1. The van der Waals surface area contributed by atoms with Crippen LogP contribution in [0.1, 0.15) is 23.7 Å². The summed E-state index contributed by atoms with van der Waals surface area (Å²) in [6.07, 6.45) is 0.0228. The van der Waals surface area contributed by atoms with E-state index in [0.717, 1.165) is 11.8 Å². The highest BCUT2D eigenvalue weighted by Crippen LogP contribution is 2.29. The molecule has 0 spiro atoms. The topological polar surface area (TPSA) is 88.1 Å². The van der Waals surface area contributed by atoms with Crippen molar-refractivity contribution >= 4 is 46.1 Å². The van der Waals surface area contributed by atoms with Gasteiger partial charge in [-0.25, -0.2) is 14.2 Å². The van der Waals surface area contributed by atoms with Gasteiger partial charge in [0.2, 0.25) is 11.8 Å². The fraction of sp³-hybridized carbons (Fsp3) is 0.238. The van der Waals surface area contributed by atoms with Crippen LogP contribution in [-0.4, -0.2) is 46.8 Å². The van der Waals surface area contributed by atoms with Crippen molar-refractivity contribution in [3.05, 3.63) is 59.9 Å². The number of amides is 2. The molecule has 2 aromatic carbocycles. The van der Waals surface area contributed by atoms with Crippen molar-refractivity contribution in [2.75, 3.05) is 19.0 Å².